The van der Waals surface area contributed by atoms with Gasteiger partial charge in [0.1, 0.15) is 0 Å². The number of fused-ring (bicyclic) bond motifs is 2. The summed E-state index contributed by atoms with van der Waals surface area (Å²) in [5.41, 5.74) is 0.153. The predicted molar refractivity (Wildman–Crippen MR) is 94.1 cm³/mol. The van der Waals surface area contributed by atoms with Crippen molar-refractivity contribution in [1.29, 1.82) is 0 Å². The summed E-state index contributed by atoms with van der Waals surface area (Å²) in [7, 11) is 0. The van der Waals surface area contributed by atoms with Gasteiger partial charge in [0.2, 0.25) is 0 Å². The van der Waals surface area contributed by atoms with E-state index in [4.69, 9.17) is 32.7 Å². The van der Waals surface area contributed by atoms with E-state index in [2.05, 4.69) is 0 Å². The molecule has 0 aromatic carbocycles. The van der Waals surface area contributed by atoms with Gasteiger partial charge >= 0.3 is 0 Å². The standard InChI is InChI=1S/C19H30Cl2O2/c20-15-16-18(17(15)21)9-7-5-3-1-2-4-6-8-14(12-18)13-19(16)22-10-11-23-19/h14-17H,1-13H2. The smallest absolute Gasteiger partial charge is 0.173 e. The third-order valence-corrected chi connectivity index (χ3v) is 8.35. The molecule has 5 atom stereocenters. The Hall–Kier alpha value is 0.500. The lowest BCUT2D eigenvalue weighted by Crippen LogP contribution is -2.71. The van der Waals surface area contributed by atoms with Crippen molar-refractivity contribution < 1.29 is 9.47 Å². The molecule has 0 radical (unpaired) electrons. The minimum absolute atomic E-state index is 0.00335. The number of hydrogen-bond donors (Lipinski definition) is 0. The third kappa shape index (κ3) is 2.76. The molecule has 0 N–H and O–H groups in total. The van der Waals surface area contributed by atoms with Crippen molar-refractivity contribution in [3.63, 3.8) is 0 Å². The Balaban J connectivity index is 1.61. The number of alkyl halides is 2. The van der Waals surface area contributed by atoms with Gasteiger partial charge in [-0.2, -0.15) is 0 Å². The lowest BCUT2D eigenvalue weighted by Gasteiger charge is -2.66. The highest BCUT2D eigenvalue weighted by atomic mass is 35.5. The van der Waals surface area contributed by atoms with E-state index in [-0.39, 0.29) is 16.2 Å². The summed E-state index contributed by atoms with van der Waals surface area (Å²) in [6.45, 7) is 1.44. The van der Waals surface area contributed by atoms with Gasteiger partial charge in [-0.15, -0.1) is 23.2 Å². The van der Waals surface area contributed by atoms with Crippen molar-refractivity contribution in [3.8, 4) is 0 Å². The van der Waals surface area contributed by atoms with E-state index < -0.39 is 5.79 Å². The SMILES string of the molecule is ClC1C(Cl)C23CCCCCCCCCC(CC4(OCCO4)C12)C3. The third-order valence-electron chi connectivity index (χ3n) is 7.01. The molecule has 5 unspecified atom stereocenters. The summed E-state index contributed by atoms with van der Waals surface area (Å²) < 4.78 is 12.4. The monoisotopic (exact) mass is 360 g/mol. The second kappa shape index (κ2) is 6.67. The fourth-order valence-electron chi connectivity index (χ4n) is 6.05. The topological polar surface area (TPSA) is 18.5 Å². The quantitative estimate of drug-likeness (QED) is 0.531. The second-order valence-electron chi connectivity index (χ2n) is 8.35. The maximum atomic E-state index is 6.84. The van der Waals surface area contributed by atoms with E-state index in [1.54, 1.807) is 0 Å². The minimum atomic E-state index is -0.426. The summed E-state index contributed by atoms with van der Waals surface area (Å²) in [6, 6.07) is 0. The van der Waals surface area contributed by atoms with Crippen LogP contribution in [0.2, 0.25) is 0 Å². The summed E-state index contributed by atoms with van der Waals surface area (Å²) in [5.74, 6) is 0.556. The molecule has 23 heavy (non-hydrogen) atoms. The Morgan fingerprint density at radius 2 is 1.43 bits per heavy atom. The van der Waals surface area contributed by atoms with Crippen molar-refractivity contribution in [3.05, 3.63) is 0 Å². The Labute approximate surface area is 150 Å². The van der Waals surface area contributed by atoms with Crippen LogP contribution in [0.5, 0.6) is 0 Å². The number of hydrogen-bond acceptors (Lipinski definition) is 2. The highest BCUT2D eigenvalue weighted by Crippen LogP contribution is 2.68. The zero-order chi connectivity index (χ0) is 15.9. The van der Waals surface area contributed by atoms with Gasteiger partial charge in [-0.3, -0.25) is 0 Å². The fraction of sp³-hybridized carbons (Fsp3) is 1.00. The molecule has 4 aliphatic rings. The number of ether oxygens (including phenoxy) is 2. The van der Waals surface area contributed by atoms with E-state index in [9.17, 15) is 0 Å². The highest BCUT2D eigenvalue weighted by Gasteiger charge is 2.71. The van der Waals surface area contributed by atoms with Crippen LogP contribution in [0.1, 0.15) is 70.6 Å². The first-order chi connectivity index (χ1) is 11.2. The van der Waals surface area contributed by atoms with Gasteiger partial charge in [0.25, 0.3) is 0 Å². The summed E-state index contributed by atoms with van der Waals surface area (Å²) in [4.78, 5) is 0. The normalized spacial score (nSPS) is 47.2. The maximum absolute atomic E-state index is 6.84. The molecule has 2 spiro atoms. The Bertz CT molecular complexity index is 424. The van der Waals surface area contributed by atoms with Crippen LogP contribution in [0.25, 0.3) is 0 Å². The Kier molecular flexibility index (Phi) is 4.91. The molecule has 2 bridgehead atoms. The molecule has 3 saturated carbocycles. The minimum Gasteiger partial charge on any atom is -0.347 e. The molecule has 0 amide bonds. The van der Waals surface area contributed by atoms with Crippen molar-refractivity contribution in [2.75, 3.05) is 13.2 Å². The van der Waals surface area contributed by atoms with Crippen LogP contribution in [0.3, 0.4) is 0 Å². The molecule has 1 saturated heterocycles. The molecule has 4 fully saturated rings. The molecule has 1 aliphatic heterocycles. The summed E-state index contributed by atoms with van der Waals surface area (Å²) in [6.07, 6.45) is 14.3. The van der Waals surface area contributed by atoms with Crippen LogP contribution in [0.4, 0.5) is 0 Å². The number of rotatable bonds is 0. The van der Waals surface area contributed by atoms with Gasteiger partial charge in [0, 0.05) is 12.3 Å². The first kappa shape index (κ1) is 16.9. The summed E-state index contributed by atoms with van der Waals surface area (Å²) >= 11 is 13.6. The zero-order valence-corrected chi connectivity index (χ0v) is 15.6. The van der Waals surface area contributed by atoms with Crippen LogP contribution in [-0.4, -0.2) is 29.8 Å². The van der Waals surface area contributed by atoms with Gasteiger partial charge in [-0.05, 0) is 24.2 Å². The summed E-state index contributed by atoms with van der Waals surface area (Å²) in [5, 5.41) is 0.0909. The van der Waals surface area contributed by atoms with Crippen LogP contribution in [-0.2, 0) is 9.47 Å². The van der Waals surface area contributed by atoms with Gasteiger partial charge < -0.3 is 9.47 Å². The second-order valence-corrected chi connectivity index (χ2v) is 9.33. The van der Waals surface area contributed by atoms with Crippen molar-refractivity contribution in [1.82, 2.24) is 0 Å². The fourth-order valence-corrected chi connectivity index (χ4v) is 7.23. The molecular formula is C19H30Cl2O2. The average Bonchev–Trinajstić information content (AvgIpc) is 2.99. The molecule has 4 heteroatoms. The molecule has 0 aromatic rings. The lowest BCUT2D eigenvalue weighted by atomic mass is 9.47. The van der Waals surface area contributed by atoms with Gasteiger partial charge in [-0.25, -0.2) is 0 Å². The van der Waals surface area contributed by atoms with E-state index in [1.165, 1.54) is 64.2 Å². The van der Waals surface area contributed by atoms with E-state index >= 15 is 0 Å². The molecular weight excluding hydrogens is 331 g/mol. The molecule has 4 rings (SSSR count). The first-order valence-electron chi connectivity index (χ1n) is 9.74. The highest BCUT2D eigenvalue weighted by molar-refractivity contribution is 6.32. The van der Waals surface area contributed by atoms with E-state index in [0.29, 0.717) is 11.8 Å². The van der Waals surface area contributed by atoms with Gasteiger partial charge in [0.05, 0.1) is 24.0 Å². The first-order valence-corrected chi connectivity index (χ1v) is 10.6. The van der Waals surface area contributed by atoms with Gasteiger partial charge in [0.15, 0.2) is 5.79 Å². The van der Waals surface area contributed by atoms with E-state index in [0.717, 1.165) is 19.6 Å². The molecule has 132 valence electrons. The van der Waals surface area contributed by atoms with Gasteiger partial charge in [-0.1, -0.05) is 51.4 Å². The average molecular weight is 361 g/mol. The molecule has 1 heterocycles. The Morgan fingerprint density at radius 1 is 0.783 bits per heavy atom. The number of halogens is 2. The lowest BCUT2D eigenvalue weighted by molar-refractivity contribution is -0.284. The van der Waals surface area contributed by atoms with Crippen molar-refractivity contribution in [2.24, 2.45) is 17.3 Å². The molecule has 3 aliphatic carbocycles. The van der Waals surface area contributed by atoms with Crippen LogP contribution < -0.4 is 0 Å². The maximum Gasteiger partial charge on any atom is 0.173 e. The largest absolute Gasteiger partial charge is 0.347 e. The van der Waals surface area contributed by atoms with Crippen LogP contribution in [0, 0.1) is 17.3 Å². The van der Waals surface area contributed by atoms with Crippen LogP contribution >= 0.6 is 23.2 Å². The zero-order valence-electron chi connectivity index (χ0n) is 14.1. The predicted octanol–water partition coefficient (Wildman–Crippen LogP) is 5.50. The van der Waals surface area contributed by atoms with Crippen molar-refractivity contribution >= 4 is 23.2 Å². The van der Waals surface area contributed by atoms with Crippen molar-refractivity contribution in [2.45, 2.75) is 87.2 Å². The van der Waals surface area contributed by atoms with Crippen LogP contribution in [0.15, 0.2) is 0 Å². The molecule has 2 nitrogen and oxygen atoms in total. The Morgan fingerprint density at radius 3 is 2.17 bits per heavy atom. The molecule has 0 aromatic heterocycles. The van der Waals surface area contributed by atoms with E-state index in [1.807, 2.05) is 0 Å².